The number of rotatable bonds is 8. The molecule has 0 saturated carbocycles. The molecule has 0 spiro atoms. The predicted molar refractivity (Wildman–Crippen MR) is 131 cm³/mol. The van der Waals surface area contributed by atoms with Gasteiger partial charge in [-0.05, 0) is 30.7 Å². The second-order valence-corrected chi connectivity index (χ2v) is 9.80. The molecule has 4 rings (SSSR count). The molecule has 200 valence electrons. The molecule has 1 aromatic heterocycles. The molecule has 2 N–H and O–H groups in total. The molecule has 0 fully saturated rings. The number of carbonyl (C=O) groups is 1. The lowest BCUT2D eigenvalue weighted by molar-refractivity contribution is -0.115. The molecule has 3 aromatic carbocycles. The van der Waals surface area contributed by atoms with Gasteiger partial charge in [0.1, 0.15) is 29.1 Å². The van der Waals surface area contributed by atoms with E-state index in [1.54, 1.807) is 32.0 Å². The summed E-state index contributed by atoms with van der Waals surface area (Å²) < 4.78 is 71.4. The van der Waals surface area contributed by atoms with Gasteiger partial charge in [-0.2, -0.15) is 8.78 Å². The first-order chi connectivity index (χ1) is 17.8. The smallest absolute Gasteiger partial charge is 0.298 e. The monoisotopic (exact) mass is 532 g/mol. The van der Waals surface area contributed by atoms with Crippen LogP contribution in [0.1, 0.15) is 37.5 Å². The molecule has 1 heterocycles. The van der Waals surface area contributed by atoms with Gasteiger partial charge in [0.2, 0.25) is 5.91 Å². The van der Waals surface area contributed by atoms with Gasteiger partial charge in [0.05, 0.1) is 18.5 Å². The van der Waals surface area contributed by atoms with Crippen molar-refractivity contribution in [3.05, 3.63) is 88.7 Å². The Hall–Kier alpha value is -3.86. The van der Waals surface area contributed by atoms with E-state index in [0.29, 0.717) is 34.4 Å². The number of aromatic nitrogens is 3. The lowest BCUT2D eigenvalue weighted by atomic mass is 9.83. The average Bonchev–Trinajstić information content (AvgIpc) is 3.19. The largest absolute Gasteiger partial charge is 0.387 e. The molecule has 38 heavy (non-hydrogen) atoms. The molecule has 11 heteroatoms. The van der Waals surface area contributed by atoms with Crippen molar-refractivity contribution in [1.29, 1.82) is 0 Å². The van der Waals surface area contributed by atoms with Crippen LogP contribution in [0.15, 0.2) is 54.6 Å². The third kappa shape index (κ3) is 5.52. The number of aliphatic hydroxyl groups excluding tert-OH is 1. The quantitative estimate of drug-likeness (QED) is 0.295. The maximum absolute atomic E-state index is 14.4. The van der Waals surface area contributed by atoms with Crippen LogP contribution in [-0.4, -0.2) is 32.1 Å². The third-order valence-corrected chi connectivity index (χ3v) is 6.25. The SMILES string of the molecule is C[C@H](O)C(F)(F)c1ccc(CC(=O)Nc2ccc3c(c2)nnn3CC(C)(C)c2c(F)cc(F)cc2F)cc1. The molecule has 0 saturated heterocycles. The number of anilines is 1. The summed E-state index contributed by atoms with van der Waals surface area (Å²) >= 11 is 0. The van der Waals surface area contributed by atoms with Crippen molar-refractivity contribution in [2.45, 2.75) is 51.2 Å². The molecule has 0 aliphatic rings. The molecule has 0 aliphatic heterocycles. The number of fused-ring (bicyclic) bond motifs is 1. The van der Waals surface area contributed by atoms with Crippen molar-refractivity contribution in [3.63, 3.8) is 0 Å². The van der Waals surface area contributed by atoms with Gasteiger partial charge in [0.15, 0.2) is 0 Å². The summed E-state index contributed by atoms with van der Waals surface area (Å²) in [4.78, 5) is 12.5. The van der Waals surface area contributed by atoms with E-state index in [9.17, 15) is 31.9 Å². The highest BCUT2D eigenvalue weighted by Gasteiger charge is 2.37. The molecular formula is C27H25F5N4O2. The van der Waals surface area contributed by atoms with Crippen LogP contribution in [-0.2, 0) is 29.1 Å². The van der Waals surface area contributed by atoms with Gasteiger partial charge < -0.3 is 10.4 Å². The number of nitrogens with zero attached hydrogens (tertiary/aromatic N) is 3. The van der Waals surface area contributed by atoms with E-state index in [2.05, 4.69) is 15.6 Å². The third-order valence-electron chi connectivity index (χ3n) is 6.25. The zero-order chi connectivity index (χ0) is 27.8. The molecule has 4 aromatic rings. The first-order valence-corrected chi connectivity index (χ1v) is 11.7. The first kappa shape index (κ1) is 27.2. The molecule has 0 unspecified atom stereocenters. The van der Waals surface area contributed by atoms with Crippen LogP contribution in [0.3, 0.4) is 0 Å². The molecule has 1 atom stereocenters. The van der Waals surface area contributed by atoms with Gasteiger partial charge in [-0.1, -0.05) is 43.3 Å². The molecule has 1 amide bonds. The zero-order valence-corrected chi connectivity index (χ0v) is 20.8. The van der Waals surface area contributed by atoms with Crippen molar-refractivity contribution in [2.24, 2.45) is 0 Å². The van der Waals surface area contributed by atoms with E-state index in [0.717, 1.165) is 6.92 Å². The molecule has 0 bridgehead atoms. The maximum atomic E-state index is 14.4. The van der Waals surface area contributed by atoms with Crippen molar-refractivity contribution in [3.8, 4) is 0 Å². The van der Waals surface area contributed by atoms with E-state index in [-0.39, 0.29) is 24.1 Å². The van der Waals surface area contributed by atoms with Gasteiger partial charge >= 0.3 is 0 Å². The number of hydrogen-bond acceptors (Lipinski definition) is 4. The summed E-state index contributed by atoms with van der Waals surface area (Å²) in [6.45, 7) is 4.25. The molecule has 6 nitrogen and oxygen atoms in total. The Kier molecular flexibility index (Phi) is 7.24. The van der Waals surface area contributed by atoms with E-state index < -0.39 is 40.8 Å². The van der Waals surface area contributed by atoms with Crippen molar-refractivity contribution >= 4 is 22.6 Å². The fourth-order valence-electron chi connectivity index (χ4n) is 4.29. The number of halogens is 5. The van der Waals surface area contributed by atoms with E-state index in [1.807, 2.05) is 0 Å². The normalized spacial score (nSPS) is 13.1. The van der Waals surface area contributed by atoms with Gasteiger partial charge in [-0.3, -0.25) is 4.79 Å². The highest BCUT2D eigenvalue weighted by molar-refractivity contribution is 5.94. The molecular weight excluding hydrogens is 507 g/mol. The second kappa shape index (κ2) is 10.1. The first-order valence-electron chi connectivity index (χ1n) is 11.7. The fraction of sp³-hybridized carbons (Fsp3) is 0.296. The Morgan fingerprint density at radius 3 is 2.26 bits per heavy atom. The molecule has 0 radical (unpaired) electrons. The van der Waals surface area contributed by atoms with Gasteiger partial charge in [0.25, 0.3) is 5.92 Å². The Morgan fingerprint density at radius 2 is 1.66 bits per heavy atom. The Labute approximate surface area is 215 Å². The number of alkyl halides is 2. The van der Waals surface area contributed by atoms with Crippen LogP contribution in [0.4, 0.5) is 27.6 Å². The lowest BCUT2D eigenvalue weighted by Crippen LogP contribution is -2.28. The fourth-order valence-corrected chi connectivity index (χ4v) is 4.29. The topological polar surface area (TPSA) is 80.0 Å². The Balaban J connectivity index is 1.46. The summed E-state index contributed by atoms with van der Waals surface area (Å²) in [5, 5.41) is 20.1. The van der Waals surface area contributed by atoms with Crippen LogP contribution in [0.25, 0.3) is 11.0 Å². The second-order valence-electron chi connectivity index (χ2n) is 9.80. The zero-order valence-electron chi connectivity index (χ0n) is 20.8. The lowest BCUT2D eigenvalue weighted by Gasteiger charge is -2.26. The standard InChI is InChI=1S/C27H25F5N4O2/c1-15(37)27(31,32)17-6-4-16(5-7-17)10-24(38)33-19-8-9-23-22(13-19)34-35-36(23)14-26(2,3)25-20(29)11-18(28)12-21(25)30/h4-9,11-13,15,37H,10,14H2,1-3H3,(H,33,38)/t15-/m0/s1. The van der Waals surface area contributed by atoms with E-state index >= 15 is 0 Å². The summed E-state index contributed by atoms with van der Waals surface area (Å²) in [5.74, 6) is -6.78. The van der Waals surface area contributed by atoms with Crippen molar-refractivity contribution in [1.82, 2.24) is 15.0 Å². The van der Waals surface area contributed by atoms with Crippen LogP contribution < -0.4 is 5.32 Å². The van der Waals surface area contributed by atoms with Crippen LogP contribution in [0.2, 0.25) is 0 Å². The summed E-state index contributed by atoms with van der Waals surface area (Å²) in [6.07, 6.45) is -1.92. The number of hydrogen-bond donors (Lipinski definition) is 2. The van der Waals surface area contributed by atoms with Crippen LogP contribution in [0, 0.1) is 17.5 Å². The number of carbonyl (C=O) groups excluding carboxylic acids is 1. The van der Waals surface area contributed by atoms with Crippen LogP contribution in [0.5, 0.6) is 0 Å². The molecule has 0 aliphatic carbocycles. The number of benzene rings is 3. The highest BCUT2D eigenvalue weighted by Crippen LogP contribution is 2.33. The summed E-state index contributed by atoms with van der Waals surface area (Å²) in [7, 11) is 0. The Morgan fingerprint density at radius 1 is 1.03 bits per heavy atom. The number of aliphatic hydroxyl groups is 1. The Bertz CT molecular complexity index is 1460. The highest BCUT2D eigenvalue weighted by atomic mass is 19.3. The minimum absolute atomic E-state index is 0.0405. The minimum Gasteiger partial charge on any atom is -0.387 e. The van der Waals surface area contributed by atoms with E-state index in [1.165, 1.54) is 28.9 Å². The minimum atomic E-state index is -3.40. The number of amides is 1. The van der Waals surface area contributed by atoms with Crippen molar-refractivity contribution in [2.75, 3.05) is 5.32 Å². The van der Waals surface area contributed by atoms with Crippen molar-refractivity contribution < 1.29 is 31.9 Å². The van der Waals surface area contributed by atoms with Gasteiger partial charge in [-0.15, -0.1) is 5.10 Å². The van der Waals surface area contributed by atoms with Gasteiger partial charge in [0, 0.05) is 34.4 Å². The van der Waals surface area contributed by atoms with Crippen LogP contribution >= 0.6 is 0 Å². The summed E-state index contributed by atoms with van der Waals surface area (Å²) in [5.41, 5.74) is 0.178. The average molecular weight is 533 g/mol. The van der Waals surface area contributed by atoms with E-state index in [4.69, 9.17) is 0 Å². The summed E-state index contributed by atoms with van der Waals surface area (Å²) in [6, 6.07) is 11.2. The maximum Gasteiger partial charge on any atom is 0.298 e. The van der Waals surface area contributed by atoms with Gasteiger partial charge in [-0.25, -0.2) is 17.9 Å². The predicted octanol–water partition coefficient (Wildman–Crippen LogP) is 5.48. The number of nitrogens with one attached hydrogen (secondary N) is 1.